The van der Waals surface area contributed by atoms with Crippen LogP contribution in [-0.2, 0) is 34.0 Å². The van der Waals surface area contributed by atoms with Gasteiger partial charge in [0.25, 0.3) is 0 Å². The fourth-order valence-electron chi connectivity index (χ4n) is 3.90. The number of aryl methyl sites for hydroxylation is 2. The number of methoxy groups -OCH3 is 1. The zero-order valence-electron chi connectivity index (χ0n) is 22.3. The van der Waals surface area contributed by atoms with Crippen LogP contribution in [0.4, 0.5) is 0 Å². The van der Waals surface area contributed by atoms with Crippen molar-refractivity contribution in [3.63, 3.8) is 0 Å². The smallest absolute Gasteiger partial charge is 0.314 e. The van der Waals surface area contributed by atoms with E-state index in [1.165, 1.54) is 18.2 Å². The lowest BCUT2D eigenvalue weighted by atomic mass is 9.95. The Morgan fingerprint density at radius 1 is 0.868 bits per heavy atom. The standard InChI is InChI=1S/C31H33N3O4/c1-22-5-9-26(10-6-22)21-38-33-24(3)30(31(35)36-4)17-25-11-15-29(16-12-25)37-20-27-18-32-34(19-27)28-13-7-23(2)8-14-28/h5-16,18-19,30H,17,20-21H2,1-4H3/b33-24+. The maximum absolute atomic E-state index is 12.5. The van der Waals surface area contributed by atoms with Crippen LogP contribution in [0.5, 0.6) is 5.75 Å². The molecule has 0 bridgehead atoms. The number of hydrogen-bond acceptors (Lipinski definition) is 6. The molecule has 1 unspecified atom stereocenters. The molecule has 0 amide bonds. The predicted octanol–water partition coefficient (Wildman–Crippen LogP) is 5.99. The summed E-state index contributed by atoms with van der Waals surface area (Å²) in [5.74, 6) is -0.160. The van der Waals surface area contributed by atoms with Gasteiger partial charge >= 0.3 is 5.97 Å². The molecule has 196 valence electrons. The Bertz CT molecular complexity index is 1360. The van der Waals surface area contributed by atoms with Crippen LogP contribution in [-0.4, -0.2) is 28.6 Å². The third kappa shape index (κ3) is 7.32. The number of nitrogens with zero attached hydrogens (tertiary/aromatic N) is 3. The van der Waals surface area contributed by atoms with E-state index < -0.39 is 5.92 Å². The minimum atomic E-state index is -0.544. The Morgan fingerprint density at radius 3 is 2.16 bits per heavy atom. The molecule has 0 aliphatic rings. The van der Waals surface area contributed by atoms with E-state index in [9.17, 15) is 4.79 Å². The van der Waals surface area contributed by atoms with Crippen molar-refractivity contribution in [2.24, 2.45) is 11.1 Å². The molecule has 0 radical (unpaired) electrons. The van der Waals surface area contributed by atoms with E-state index in [-0.39, 0.29) is 5.97 Å². The molecule has 4 aromatic rings. The number of carbonyl (C=O) groups is 1. The highest BCUT2D eigenvalue weighted by molar-refractivity contribution is 6.00. The van der Waals surface area contributed by atoms with E-state index in [0.29, 0.717) is 25.3 Å². The maximum Gasteiger partial charge on any atom is 0.314 e. The van der Waals surface area contributed by atoms with Gasteiger partial charge in [0.05, 0.1) is 24.7 Å². The van der Waals surface area contributed by atoms with Gasteiger partial charge in [-0.2, -0.15) is 5.10 Å². The van der Waals surface area contributed by atoms with Gasteiger partial charge in [0.2, 0.25) is 0 Å². The van der Waals surface area contributed by atoms with E-state index in [4.69, 9.17) is 14.3 Å². The summed E-state index contributed by atoms with van der Waals surface area (Å²) in [5.41, 5.74) is 6.91. The van der Waals surface area contributed by atoms with Gasteiger partial charge in [0, 0.05) is 11.8 Å². The van der Waals surface area contributed by atoms with Crippen LogP contribution in [0.2, 0.25) is 0 Å². The molecule has 0 N–H and O–H groups in total. The topological polar surface area (TPSA) is 74.9 Å². The second kappa shape index (κ2) is 12.7. The first-order valence-corrected chi connectivity index (χ1v) is 12.5. The number of hydrogen-bond donors (Lipinski definition) is 0. The summed E-state index contributed by atoms with van der Waals surface area (Å²) in [6.07, 6.45) is 4.21. The Morgan fingerprint density at radius 2 is 1.50 bits per heavy atom. The van der Waals surface area contributed by atoms with Gasteiger partial charge in [-0.25, -0.2) is 4.68 Å². The lowest BCUT2D eigenvalue weighted by molar-refractivity contribution is -0.143. The summed E-state index contributed by atoms with van der Waals surface area (Å²) >= 11 is 0. The molecule has 38 heavy (non-hydrogen) atoms. The second-order valence-electron chi connectivity index (χ2n) is 9.33. The van der Waals surface area contributed by atoms with E-state index in [1.807, 2.05) is 78.5 Å². The SMILES string of the molecule is COC(=O)C(Cc1ccc(OCc2cnn(-c3ccc(C)cc3)c2)cc1)/C(C)=N/OCc1ccc(C)cc1. The first-order chi connectivity index (χ1) is 18.4. The molecule has 7 nitrogen and oxygen atoms in total. The number of esters is 1. The van der Waals surface area contributed by atoms with Crippen LogP contribution in [0.3, 0.4) is 0 Å². The molecule has 0 spiro atoms. The minimum Gasteiger partial charge on any atom is -0.489 e. The van der Waals surface area contributed by atoms with Gasteiger partial charge < -0.3 is 14.3 Å². The quantitative estimate of drug-likeness (QED) is 0.140. The van der Waals surface area contributed by atoms with Crippen LogP contribution >= 0.6 is 0 Å². The molecule has 0 saturated heterocycles. The van der Waals surface area contributed by atoms with Crippen LogP contribution in [0.15, 0.2) is 90.3 Å². The molecule has 1 heterocycles. The largest absolute Gasteiger partial charge is 0.489 e. The third-order valence-electron chi connectivity index (χ3n) is 6.25. The molecule has 0 fully saturated rings. The first-order valence-electron chi connectivity index (χ1n) is 12.5. The van der Waals surface area contributed by atoms with Crippen LogP contribution in [0.25, 0.3) is 5.69 Å². The molecule has 0 aliphatic heterocycles. The van der Waals surface area contributed by atoms with Gasteiger partial charge in [0.15, 0.2) is 0 Å². The Hall–Kier alpha value is -4.39. The fourth-order valence-corrected chi connectivity index (χ4v) is 3.90. The van der Waals surface area contributed by atoms with Crippen LogP contribution < -0.4 is 4.74 Å². The van der Waals surface area contributed by atoms with Gasteiger partial charge in [0.1, 0.15) is 24.9 Å². The predicted molar refractivity (Wildman–Crippen MR) is 147 cm³/mol. The van der Waals surface area contributed by atoms with Crippen molar-refractivity contribution >= 4 is 11.7 Å². The van der Waals surface area contributed by atoms with Crippen molar-refractivity contribution in [1.82, 2.24) is 9.78 Å². The molecule has 0 saturated carbocycles. The summed E-state index contributed by atoms with van der Waals surface area (Å²) in [6, 6.07) is 23.9. The van der Waals surface area contributed by atoms with Crippen molar-refractivity contribution in [2.75, 3.05) is 7.11 Å². The Kier molecular flexibility index (Phi) is 8.93. The summed E-state index contributed by atoms with van der Waals surface area (Å²) < 4.78 is 12.8. The molecular weight excluding hydrogens is 478 g/mol. The summed E-state index contributed by atoms with van der Waals surface area (Å²) in [5, 5.41) is 8.63. The van der Waals surface area contributed by atoms with Crippen molar-refractivity contribution in [1.29, 1.82) is 0 Å². The monoisotopic (exact) mass is 511 g/mol. The Balaban J connectivity index is 1.33. The number of ether oxygens (including phenoxy) is 2. The number of rotatable bonds is 11. The highest BCUT2D eigenvalue weighted by Crippen LogP contribution is 2.19. The molecule has 1 aromatic heterocycles. The molecule has 4 rings (SSSR count). The zero-order chi connectivity index (χ0) is 26.9. The van der Waals surface area contributed by atoms with E-state index in [0.717, 1.165) is 28.1 Å². The molecule has 1 atom stereocenters. The third-order valence-corrected chi connectivity index (χ3v) is 6.25. The molecule has 3 aromatic carbocycles. The summed E-state index contributed by atoms with van der Waals surface area (Å²) in [6.45, 7) is 6.62. The van der Waals surface area contributed by atoms with Gasteiger partial charge in [-0.05, 0) is 62.6 Å². The van der Waals surface area contributed by atoms with Gasteiger partial charge in [-0.1, -0.05) is 64.8 Å². The normalized spacial score (nSPS) is 12.2. The van der Waals surface area contributed by atoms with Crippen LogP contribution in [0.1, 0.15) is 34.7 Å². The number of aromatic nitrogens is 2. The lowest BCUT2D eigenvalue weighted by Crippen LogP contribution is -2.26. The Labute approximate surface area is 223 Å². The van der Waals surface area contributed by atoms with Gasteiger partial charge in [-0.15, -0.1) is 0 Å². The maximum atomic E-state index is 12.5. The second-order valence-corrected chi connectivity index (χ2v) is 9.33. The van der Waals surface area contributed by atoms with E-state index in [2.05, 4.69) is 29.3 Å². The van der Waals surface area contributed by atoms with Crippen molar-refractivity contribution in [3.8, 4) is 11.4 Å². The number of carbonyl (C=O) groups excluding carboxylic acids is 1. The highest BCUT2D eigenvalue weighted by atomic mass is 16.6. The van der Waals surface area contributed by atoms with Crippen molar-refractivity contribution in [3.05, 3.63) is 113 Å². The molecule has 7 heteroatoms. The van der Waals surface area contributed by atoms with Crippen molar-refractivity contribution in [2.45, 2.75) is 40.4 Å². The molecular formula is C31H33N3O4. The fraction of sp³-hybridized carbons (Fsp3) is 0.258. The number of benzene rings is 3. The average molecular weight is 512 g/mol. The van der Waals surface area contributed by atoms with Crippen LogP contribution in [0, 0.1) is 19.8 Å². The molecule has 0 aliphatic carbocycles. The number of oxime groups is 1. The van der Waals surface area contributed by atoms with Crippen molar-refractivity contribution < 1.29 is 19.1 Å². The van der Waals surface area contributed by atoms with Gasteiger partial charge in [-0.3, -0.25) is 4.79 Å². The van der Waals surface area contributed by atoms with E-state index in [1.54, 1.807) is 13.1 Å². The summed E-state index contributed by atoms with van der Waals surface area (Å²) in [4.78, 5) is 18.0. The average Bonchev–Trinajstić information content (AvgIpc) is 3.41. The highest BCUT2D eigenvalue weighted by Gasteiger charge is 2.23. The lowest BCUT2D eigenvalue weighted by Gasteiger charge is -2.15. The summed E-state index contributed by atoms with van der Waals surface area (Å²) in [7, 11) is 1.38. The van der Waals surface area contributed by atoms with E-state index >= 15 is 0 Å². The first kappa shape index (κ1) is 26.7. The minimum absolute atomic E-state index is 0.335. The zero-order valence-corrected chi connectivity index (χ0v) is 22.3.